The highest BCUT2D eigenvalue weighted by Crippen LogP contribution is 2.35. The first-order chi connectivity index (χ1) is 16.3. The van der Waals surface area contributed by atoms with E-state index in [0.29, 0.717) is 11.9 Å². The molecular formula is C28H19N3O. The molecule has 4 heteroatoms. The number of ether oxygens (including phenoxy) is 1. The van der Waals surface area contributed by atoms with Crippen molar-refractivity contribution in [3.05, 3.63) is 115 Å². The zero-order valence-electron chi connectivity index (χ0n) is 18.1. The number of aromatic nitrogens is 3. The van der Waals surface area contributed by atoms with Crippen molar-refractivity contribution in [1.29, 1.82) is 0 Å². The minimum Gasteiger partial charge on any atom is -0.439 e. The predicted molar refractivity (Wildman–Crippen MR) is 128 cm³/mol. The van der Waals surface area contributed by atoms with Crippen LogP contribution >= 0.6 is 0 Å². The average molecular weight is 414 g/mol. The molecule has 0 amide bonds. The first kappa shape index (κ1) is 17.3. The summed E-state index contributed by atoms with van der Waals surface area (Å²) in [5, 5.41) is 2.33. The number of pyridine rings is 2. The molecule has 3 aromatic heterocycles. The molecule has 0 aliphatic carbocycles. The summed E-state index contributed by atoms with van der Waals surface area (Å²) in [4.78, 5) is 8.78. The summed E-state index contributed by atoms with van der Waals surface area (Å²) >= 11 is 0. The van der Waals surface area contributed by atoms with Gasteiger partial charge in [-0.25, -0.2) is 9.97 Å². The Labute approximate surface area is 186 Å². The van der Waals surface area contributed by atoms with Crippen LogP contribution in [0.4, 0.5) is 0 Å². The fraction of sp³-hybridized carbons (Fsp3) is 0. The van der Waals surface area contributed by atoms with E-state index in [0.717, 1.165) is 39.1 Å². The summed E-state index contributed by atoms with van der Waals surface area (Å²) in [7, 11) is 0. The summed E-state index contributed by atoms with van der Waals surface area (Å²) in [5.74, 6) is 2.09. The van der Waals surface area contributed by atoms with E-state index >= 15 is 0 Å². The van der Waals surface area contributed by atoms with Crippen molar-refractivity contribution in [3.63, 3.8) is 0 Å². The third-order valence-corrected chi connectivity index (χ3v) is 5.53. The molecule has 0 fully saturated rings. The fourth-order valence-corrected chi connectivity index (χ4v) is 4.11. The third-order valence-electron chi connectivity index (χ3n) is 5.53. The zero-order valence-corrected chi connectivity index (χ0v) is 17.1. The van der Waals surface area contributed by atoms with Crippen molar-refractivity contribution in [2.45, 2.75) is 0 Å². The Balaban J connectivity index is 1.50. The second-order valence-electron chi connectivity index (χ2n) is 7.50. The molecule has 6 aromatic rings. The minimum absolute atomic E-state index is 0.393. The summed E-state index contributed by atoms with van der Waals surface area (Å²) in [6.07, 6.45) is 3.30. The molecule has 6 rings (SSSR count). The molecule has 32 heavy (non-hydrogen) atoms. The second-order valence-corrected chi connectivity index (χ2v) is 7.50. The number of rotatable bonds is 4. The second kappa shape index (κ2) is 7.67. The average Bonchev–Trinajstić information content (AvgIpc) is 3.19. The number of benzene rings is 3. The van der Waals surface area contributed by atoms with Crippen molar-refractivity contribution < 1.29 is 6.11 Å². The van der Waals surface area contributed by atoms with Crippen molar-refractivity contribution in [2.75, 3.05) is 0 Å². The Kier molecular flexibility index (Phi) is 4.14. The van der Waals surface area contributed by atoms with Gasteiger partial charge < -0.3 is 4.74 Å². The van der Waals surface area contributed by atoms with Crippen LogP contribution < -0.4 is 4.74 Å². The summed E-state index contributed by atoms with van der Waals surface area (Å²) < 4.78 is 15.9. The van der Waals surface area contributed by atoms with E-state index in [9.17, 15) is 0 Å². The van der Waals surface area contributed by atoms with Gasteiger partial charge in [-0.05, 0) is 53.6 Å². The monoisotopic (exact) mass is 414 g/mol. The van der Waals surface area contributed by atoms with E-state index in [1.807, 2.05) is 48.5 Å². The zero-order chi connectivity index (χ0) is 22.2. The first-order valence-corrected chi connectivity index (χ1v) is 10.4. The van der Waals surface area contributed by atoms with Gasteiger partial charge in [0.25, 0.3) is 0 Å². The van der Waals surface area contributed by atoms with Gasteiger partial charge in [0, 0.05) is 29.2 Å². The fourth-order valence-electron chi connectivity index (χ4n) is 4.11. The number of hydrogen-bond donors (Lipinski definition) is 0. The van der Waals surface area contributed by atoms with Crippen LogP contribution in [0.5, 0.6) is 11.6 Å². The van der Waals surface area contributed by atoms with Gasteiger partial charge in [0.05, 0.1) is 12.4 Å². The van der Waals surface area contributed by atoms with Crippen LogP contribution in [-0.4, -0.2) is 14.5 Å². The number of para-hydroxylation sites is 1. The smallest absolute Gasteiger partial charge is 0.219 e. The number of nitrogens with zero attached hydrogens (tertiary/aromatic N) is 3. The molecule has 0 aliphatic heterocycles. The number of fused-ring (bicyclic) bond motifs is 3. The molecule has 4 nitrogen and oxygen atoms in total. The molecule has 0 saturated heterocycles. The minimum atomic E-state index is 0.393. The van der Waals surface area contributed by atoms with E-state index in [1.165, 1.54) is 5.39 Å². The van der Waals surface area contributed by atoms with Gasteiger partial charge in [-0.1, -0.05) is 54.6 Å². The molecule has 0 spiro atoms. The Morgan fingerprint density at radius 3 is 2.41 bits per heavy atom. The predicted octanol–water partition coefficient (Wildman–Crippen LogP) is 7.03. The summed E-state index contributed by atoms with van der Waals surface area (Å²) in [6.45, 7) is 0. The van der Waals surface area contributed by atoms with Gasteiger partial charge in [-0.15, -0.1) is 0 Å². The SMILES string of the molecule is [2H]c1ccc(-n2c3ccccc3c3ccc(-c4cccc(Oc5ccccn5)c4)cc32)nc1. The molecule has 0 saturated carbocycles. The topological polar surface area (TPSA) is 39.9 Å². The van der Waals surface area contributed by atoms with Crippen LogP contribution in [0.15, 0.2) is 115 Å². The maximum absolute atomic E-state index is 7.80. The lowest BCUT2D eigenvalue weighted by atomic mass is 10.0. The van der Waals surface area contributed by atoms with E-state index in [2.05, 4.69) is 57.0 Å². The van der Waals surface area contributed by atoms with Gasteiger partial charge in [-0.2, -0.15) is 0 Å². The van der Waals surface area contributed by atoms with E-state index < -0.39 is 0 Å². The van der Waals surface area contributed by atoms with Crippen LogP contribution in [0.2, 0.25) is 0 Å². The van der Waals surface area contributed by atoms with Crippen LogP contribution in [0.1, 0.15) is 1.37 Å². The van der Waals surface area contributed by atoms with E-state index in [1.54, 1.807) is 18.5 Å². The Morgan fingerprint density at radius 1 is 0.656 bits per heavy atom. The normalized spacial score (nSPS) is 11.6. The lowest BCUT2D eigenvalue weighted by Crippen LogP contribution is -1.96. The highest BCUT2D eigenvalue weighted by Gasteiger charge is 2.13. The van der Waals surface area contributed by atoms with E-state index in [-0.39, 0.29) is 0 Å². The molecule has 3 aromatic carbocycles. The van der Waals surface area contributed by atoms with Crippen molar-refractivity contribution in [3.8, 4) is 28.6 Å². The van der Waals surface area contributed by atoms with E-state index in [4.69, 9.17) is 6.11 Å². The Morgan fingerprint density at radius 2 is 1.53 bits per heavy atom. The Bertz CT molecular complexity index is 1590. The van der Waals surface area contributed by atoms with Crippen LogP contribution in [0.3, 0.4) is 0 Å². The van der Waals surface area contributed by atoms with Gasteiger partial charge in [0.1, 0.15) is 11.6 Å². The maximum atomic E-state index is 7.80. The molecule has 152 valence electrons. The molecular weight excluding hydrogens is 394 g/mol. The molecule has 0 bridgehead atoms. The molecule has 0 radical (unpaired) electrons. The van der Waals surface area contributed by atoms with Crippen molar-refractivity contribution in [2.24, 2.45) is 0 Å². The Hall–Kier alpha value is -4.44. The van der Waals surface area contributed by atoms with Crippen LogP contribution in [-0.2, 0) is 0 Å². The molecule has 0 N–H and O–H groups in total. The highest BCUT2D eigenvalue weighted by molar-refractivity contribution is 6.10. The number of hydrogen-bond acceptors (Lipinski definition) is 3. The van der Waals surface area contributed by atoms with Gasteiger partial charge in [0.15, 0.2) is 0 Å². The maximum Gasteiger partial charge on any atom is 0.219 e. The largest absolute Gasteiger partial charge is 0.439 e. The van der Waals surface area contributed by atoms with Gasteiger partial charge >= 0.3 is 0 Å². The van der Waals surface area contributed by atoms with Crippen molar-refractivity contribution >= 4 is 21.8 Å². The summed E-state index contributed by atoms with van der Waals surface area (Å²) in [6, 6.07) is 32.5. The highest BCUT2D eigenvalue weighted by atomic mass is 16.5. The lowest BCUT2D eigenvalue weighted by Gasteiger charge is -2.09. The first-order valence-electron chi connectivity index (χ1n) is 10.9. The third kappa shape index (κ3) is 3.19. The van der Waals surface area contributed by atoms with Gasteiger partial charge in [0.2, 0.25) is 5.88 Å². The van der Waals surface area contributed by atoms with Gasteiger partial charge in [-0.3, -0.25) is 4.57 Å². The van der Waals surface area contributed by atoms with Crippen LogP contribution in [0.25, 0.3) is 38.8 Å². The summed E-state index contributed by atoms with van der Waals surface area (Å²) in [5.41, 5.74) is 4.28. The van der Waals surface area contributed by atoms with Crippen LogP contribution in [0, 0.1) is 0 Å². The van der Waals surface area contributed by atoms with Crippen molar-refractivity contribution in [1.82, 2.24) is 14.5 Å². The standard InChI is InChI=1S/C28H19N3O/c1-2-11-25-23(10-1)24-15-14-21(19-26(24)31(25)27-12-3-5-16-29-27)20-8-7-9-22(18-20)32-28-13-4-6-17-30-28/h1-19H/i5D. The molecule has 3 heterocycles. The molecule has 0 aliphatic rings. The molecule has 0 atom stereocenters. The lowest BCUT2D eigenvalue weighted by molar-refractivity contribution is 0.463. The quantitative estimate of drug-likeness (QED) is 0.311. The molecule has 0 unspecified atom stereocenters.